The fourth-order valence-corrected chi connectivity index (χ4v) is 2.54. The Morgan fingerprint density at radius 2 is 1.92 bits per heavy atom. The van der Waals surface area contributed by atoms with Gasteiger partial charge in [-0.25, -0.2) is 0 Å². The summed E-state index contributed by atoms with van der Waals surface area (Å²) in [5.41, 5.74) is 2.55. The predicted octanol–water partition coefficient (Wildman–Crippen LogP) is 3.99. The number of anilines is 2. The van der Waals surface area contributed by atoms with E-state index in [2.05, 4.69) is 15.4 Å². The second-order valence-electron chi connectivity index (χ2n) is 5.14. The Bertz CT molecular complexity index is 864. The van der Waals surface area contributed by atoms with E-state index in [1.165, 1.54) is 0 Å². The summed E-state index contributed by atoms with van der Waals surface area (Å²) in [7, 11) is 3.20. The summed E-state index contributed by atoms with van der Waals surface area (Å²) in [5.74, 6) is 1.91. The van der Waals surface area contributed by atoms with E-state index in [-0.39, 0.29) is 0 Å². The van der Waals surface area contributed by atoms with Crippen molar-refractivity contribution < 1.29 is 9.47 Å². The van der Waals surface area contributed by atoms with Crippen molar-refractivity contribution in [3.8, 4) is 17.3 Å². The van der Waals surface area contributed by atoms with E-state index in [1.54, 1.807) is 37.2 Å². The van der Waals surface area contributed by atoms with Crippen molar-refractivity contribution in [2.24, 2.45) is 0 Å². The molecule has 0 bridgehead atoms. The van der Waals surface area contributed by atoms with Gasteiger partial charge in [-0.1, -0.05) is 11.6 Å². The molecule has 0 radical (unpaired) electrons. The molecule has 3 rings (SSSR count). The van der Waals surface area contributed by atoms with Crippen molar-refractivity contribution >= 4 is 23.1 Å². The van der Waals surface area contributed by atoms with Crippen LogP contribution in [0.15, 0.2) is 42.6 Å². The number of aryl methyl sites for hydroxylation is 1. The minimum atomic E-state index is 0.577. The average molecular weight is 345 g/mol. The van der Waals surface area contributed by atoms with Crippen LogP contribution in [0, 0.1) is 6.92 Å². The second-order valence-corrected chi connectivity index (χ2v) is 5.58. The maximum Gasteiger partial charge on any atom is 0.218 e. The predicted molar refractivity (Wildman–Crippen MR) is 93.9 cm³/mol. The van der Waals surface area contributed by atoms with E-state index in [0.29, 0.717) is 22.5 Å². The fraction of sp³-hybridized carbons (Fsp3) is 0.176. The maximum absolute atomic E-state index is 6.09. The molecule has 0 atom stereocenters. The number of halogens is 1. The molecular formula is C17H17ClN4O2. The van der Waals surface area contributed by atoms with Gasteiger partial charge in [0.2, 0.25) is 5.88 Å². The highest BCUT2D eigenvalue weighted by Gasteiger charge is 2.11. The van der Waals surface area contributed by atoms with Crippen LogP contribution >= 0.6 is 11.6 Å². The molecule has 2 heterocycles. The Hall–Kier alpha value is -2.73. The van der Waals surface area contributed by atoms with Crippen LogP contribution in [0.5, 0.6) is 11.6 Å². The molecule has 0 saturated heterocycles. The van der Waals surface area contributed by atoms with Crippen molar-refractivity contribution in [2.75, 3.05) is 19.5 Å². The van der Waals surface area contributed by atoms with Gasteiger partial charge in [0, 0.05) is 34.7 Å². The van der Waals surface area contributed by atoms with Crippen molar-refractivity contribution in [3.63, 3.8) is 0 Å². The summed E-state index contributed by atoms with van der Waals surface area (Å²) in [6, 6.07) is 11.0. The number of hydrogen-bond acceptors (Lipinski definition) is 5. The molecule has 1 N–H and O–H groups in total. The zero-order valence-electron chi connectivity index (χ0n) is 13.6. The molecular weight excluding hydrogens is 328 g/mol. The minimum Gasteiger partial charge on any atom is -0.497 e. The molecule has 0 amide bonds. The molecule has 0 aliphatic rings. The first-order valence-electron chi connectivity index (χ1n) is 7.28. The molecule has 3 aromatic rings. The maximum atomic E-state index is 6.09. The van der Waals surface area contributed by atoms with Gasteiger partial charge in [0.1, 0.15) is 5.75 Å². The highest BCUT2D eigenvalue weighted by atomic mass is 35.5. The Labute approximate surface area is 145 Å². The molecule has 0 aliphatic carbocycles. The number of ether oxygens (including phenoxy) is 2. The number of aromatic nitrogens is 3. The Morgan fingerprint density at radius 1 is 1.08 bits per heavy atom. The summed E-state index contributed by atoms with van der Waals surface area (Å²) < 4.78 is 12.3. The first kappa shape index (κ1) is 16.1. The average Bonchev–Trinajstić information content (AvgIpc) is 2.97. The summed E-state index contributed by atoms with van der Waals surface area (Å²) in [6.45, 7) is 1.93. The fourth-order valence-electron chi connectivity index (χ4n) is 2.32. The molecule has 0 saturated carbocycles. The van der Waals surface area contributed by atoms with Gasteiger partial charge in [-0.15, -0.1) is 5.10 Å². The normalized spacial score (nSPS) is 10.5. The Morgan fingerprint density at radius 3 is 2.62 bits per heavy atom. The summed E-state index contributed by atoms with van der Waals surface area (Å²) in [6.07, 6.45) is 1.74. The Balaban J connectivity index is 1.94. The number of hydrogen-bond donors (Lipinski definition) is 1. The first-order chi connectivity index (χ1) is 11.6. The molecule has 0 unspecified atom stereocenters. The third kappa shape index (κ3) is 3.44. The van der Waals surface area contributed by atoms with Gasteiger partial charge in [-0.3, -0.25) is 4.98 Å². The van der Waals surface area contributed by atoms with Gasteiger partial charge in [0.15, 0.2) is 5.82 Å². The molecule has 0 fully saturated rings. The Kier molecular flexibility index (Phi) is 4.57. The zero-order valence-corrected chi connectivity index (χ0v) is 14.3. The van der Waals surface area contributed by atoms with Gasteiger partial charge < -0.3 is 14.8 Å². The topological polar surface area (TPSA) is 61.2 Å². The lowest BCUT2D eigenvalue weighted by molar-refractivity contribution is 0.383. The molecule has 2 aromatic heterocycles. The number of rotatable bonds is 5. The molecule has 7 heteroatoms. The SMILES string of the molecule is COc1cc(Cl)cc(Nc2cc(OC)n(-c3ccnc(C)c3)n2)c1. The zero-order chi connectivity index (χ0) is 17.1. The van der Waals surface area contributed by atoms with Crippen molar-refractivity contribution in [1.82, 2.24) is 14.8 Å². The highest BCUT2D eigenvalue weighted by molar-refractivity contribution is 6.31. The van der Waals surface area contributed by atoms with Gasteiger partial charge in [0.25, 0.3) is 0 Å². The van der Waals surface area contributed by atoms with Crippen molar-refractivity contribution in [3.05, 3.63) is 53.3 Å². The summed E-state index contributed by atoms with van der Waals surface area (Å²) in [5, 5.41) is 8.33. The quantitative estimate of drug-likeness (QED) is 0.758. The van der Waals surface area contributed by atoms with Gasteiger partial charge in [-0.2, -0.15) is 4.68 Å². The standard InChI is InChI=1S/C17H17ClN4O2/c1-11-6-14(4-5-19-11)22-17(24-3)10-16(21-22)20-13-7-12(18)8-15(9-13)23-2/h4-10H,1-3H3,(H,20,21). The lowest BCUT2D eigenvalue weighted by atomic mass is 10.3. The number of methoxy groups -OCH3 is 2. The van der Waals surface area contributed by atoms with Crippen LogP contribution in [0.3, 0.4) is 0 Å². The number of pyridine rings is 1. The van der Waals surface area contributed by atoms with Gasteiger partial charge in [-0.05, 0) is 31.2 Å². The minimum absolute atomic E-state index is 0.577. The van der Waals surface area contributed by atoms with Crippen LogP contribution in [-0.4, -0.2) is 29.0 Å². The second kappa shape index (κ2) is 6.80. The van der Waals surface area contributed by atoms with E-state index < -0.39 is 0 Å². The lowest BCUT2D eigenvalue weighted by Gasteiger charge is -2.07. The van der Waals surface area contributed by atoms with Gasteiger partial charge >= 0.3 is 0 Å². The molecule has 124 valence electrons. The number of nitrogens with one attached hydrogen (secondary N) is 1. The van der Waals surface area contributed by atoms with Crippen LogP contribution < -0.4 is 14.8 Å². The summed E-state index contributed by atoms with van der Waals surface area (Å²) in [4.78, 5) is 4.20. The third-order valence-electron chi connectivity index (χ3n) is 3.39. The van der Waals surface area contributed by atoms with Crippen molar-refractivity contribution in [1.29, 1.82) is 0 Å². The smallest absolute Gasteiger partial charge is 0.218 e. The van der Waals surface area contributed by atoms with E-state index in [0.717, 1.165) is 17.1 Å². The van der Waals surface area contributed by atoms with E-state index in [1.807, 2.05) is 31.2 Å². The van der Waals surface area contributed by atoms with Crippen LogP contribution in [0.2, 0.25) is 5.02 Å². The van der Waals surface area contributed by atoms with Crippen LogP contribution in [0.1, 0.15) is 5.69 Å². The van der Waals surface area contributed by atoms with Crippen LogP contribution in [0.4, 0.5) is 11.5 Å². The molecule has 24 heavy (non-hydrogen) atoms. The van der Waals surface area contributed by atoms with E-state index in [9.17, 15) is 0 Å². The monoisotopic (exact) mass is 344 g/mol. The van der Waals surface area contributed by atoms with Crippen LogP contribution in [-0.2, 0) is 0 Å². The van der Waals surface area contributed by atoms with Gasteiger partial charge in [0.05, 0.1) is 19.9 Å². The lowest BCUT2D eigenvalue weighted by Crippen LogP contribution is -2.01. The number of benzene rings is 1. The van der Waals surface area contributed by atoms with E-state index in [4.69, 9.17) is 21.1 Å². The number of nitrogens with zero attached hydrogens (tertiary/aromatic N) is 3. The highest BCUT2D eigenvalue weighted by Crippen LogP contribution is 2.28. The summed E-state index contributed by atoms with van der Waals surface area (Å²) >= 11 is 6.09. The molecule has 6 nitrogen and oxygen atoms in total. The first-order valence-corrected chi connectivity index (χ1v) is 7.65. The van der Waals surface area contributed by atoms with Crippen LogP contribution in [0.25, 0.3) is 5.69 Å². The largest absolute Gasteiger partial charge is 0.497 e. The molecule has 0 spiro atoms. The molecule has 1 aromatic carbocycles. The molecule has 0 aliphatic heterocycles. The van der Waals surface area contributed by atoms with Crippen molar-refractivity contribution in [2.45, 2.75) is 6.92 Å². The van der Waals surface area contributed by atoms with E-state index >= 15 is 0 Å². The third-order valence-corrected chi connectivity index (χ3v) is 3.61.